The van der Waals surface area contributed by atoms with Crippen LogP contribution in [-0.4, -0.2) is 12.7 Å². The molecule has 0 radical (unpaired) electrons. The maximum absolute atomic E-state index is 12.8. The second-order valence-electron chi connectivity index (χ2n) is 4.86. The van der Waals surface area contributed by atoms with E-state index < -0.39 is 23.4 Å². The van der Waals surface area contributed by atoms with E-state index in [0.29, 0.717) is 6.42 Å². The van der Waals surface area contributed by atoms with Crippen molar-refractivity contribution in [2.45, 2.75) is 38.1 Å². The molecule has 0 aliphatic rings. The summed E-state index contributed by atoms with van der Waals surface area (Å²) in [6, 6.07) is 4.68. The molecule has 2 nitrogen and oxygen atoms in total. The van der Waals surface area contributed by atoms with E-state index in [-0.39, 0.29) is 5.56 Å². The van der Waals surface area contributed by atoms with E-state index in [9.17, 15) is 13.2 Å². The highest BCUT2D eigenvalue weighted by atomic mass is 19.4. The number of hydrogen-bond donors (Lipinski definition) is 1. The van der Waals surface area contributed by atoms with Gasteiger partial charge in [-0.25, -0.2) is 0 Å². The van der Waals surface area contributed by atoms with Crippen LogP contribution in [0.2, 0.25) is 0 Å². The van der Waals surface area contributed by atoms with Gasteiger partial charge in [0.25, 0.3) is 0 Å². The Morgan fingerprint density at radius 3 is 2.28 bits per heavy atom. The number of halogens is 3. The van der Waals surface area contributed by atoms with Gasteiger partial charge in [0, 0.05) is 13.2 Å². The van der Waals surface area contributed by atoms with Gasteiger partial charge in [-0.05, 0) is 31.9 Å². The molecule has 0 amide bonds. The molecule has 1 aromatic rings. The van der Waals surface area contributed by atoms with Crippen LogP contribution in [0.15, 0.2) is 24.3 Å². The molecular weight excluding hydrogens is 243 g/mol. The third-order valence-electron chi connectivity index (χ3n) is 2.93. The Kier molecular flexibility index (Phi) is 4.40. The fourth-order valence-corrected chi connectivity index (χ4v) is 1.80. The van der Waals surface area contributed by atoms with Gasteiger partial charge >= 0.3 is 6.18 Å². The van der Waals surface area contributed by atoms with Gasteiger partial charge in [-0.3, -0.25) is 0 Å². The summed E-state index contributed by atoms with van der Waals surface area (Å²) in [4.78, 5) is 0. The molecule has 5 heteroatoms. The lowest BCUT2D eigenvalue weighted by atomic mass is 9.91. The standard InChI is InChI=1S/C13H18F3NO/c1-12(2,18-3)8-11(17)9-6-4-5-7-10(9)13(14,15)16/h4-7,11H,8,17H2,1-3H3. The van der Waals surface area contributed by atoms with Gasteiger partial charge in [0.2, 0.25) is 0 Å². The van der Waals surface area contributed by atoms with Crippen molar-refractivity contribution in [2.75, 3.05) is 7.11 Å². The van der Waals surface area contributed by atoms with E-state index in [0.717, 1.165) is 6.07 Å². The summed E-state index contributed by atoms with van der Waals surface area (Å²) in [6.45, 7) is 3.59. The van der Waals surface area contributed by atoms with Crippen molar-refractivity contribution in [1.82, 2.24) is 0 Å². The second-order valence-corrected chi connectivity index (χ2v) is 4.86. The molecule has 0 aliphatic heterocycles. The zero-order chi connectivity index (χ0) is 14.0. The fraction of sp³-hybridized carbons (Fsp3) is 0.538. The number of hydrogen-bond acceptors (Lipinski definition) is 2. The lowest BCUT2D eigenvalue weighted by Crippen LogP contribution is -2.29. The summed E-state index contributed by atoms with van der Waals surface area (Å²) in [5.74, 6) is 0. The second kappa shape index (κ2) is 5.28. The first kappa shape index (κ1) is 15.0. The first-order valence-corrected chi connectivity index (χ1v) is 5.64. The Labute approximate surface area is 105 Å². The Hall–Kier alpha value is -1.07. The van der Waals surface area contributed by atoms with Gasteiger partial charge in [0.15, 0.2) is 0 Å². The van der Waals surface area contributed by atoms with Crippen LogP contribution in [0.25, 0.3) is 0 Å². The monoisotopic (exact) mass is 261 g/mol. The first-order valence-electron chi connectivity index (χ1n) is 5.64. The Bertz CT molecular complexity index is 401. The normalized spacial score (nSPS) is 14.6. The topological polar surface area (TPSA) is 35.2 Å². The van der Waals surface area contributed by atoms with Crippen LogP contribution in [0, 0.1) is 0 Å². The largest absolute Gasteiger partial charge is 0.416 e. The van der Waals surface area contributed by atoms with Crippen molar-refractivity contribution >= 4 is 0 Å². The summed E-state index contributed by atoms with van der Waals surface area (Å²) in [7, 11) is 1.52. The number of nitrogens with two attached hydrogens (primary N) is 1. The molecule has 102 valence electrons. The van der Waals surface area contributed by atoms with Gasteiger partial charge in [0.1, 0.15) is 0 Å². The highest BCUT2D eigenvalue weighted by molar-refractivity contribution is 5.32. The van der Waals surface area contributed by atoms with E-state index in [1.165, 1.54) is 19.2 Å². The minimum Gasteiger partial charge on any atom is -0.379 e. The highest BCUT2D eigenvalue weighted by Gasteiger charge is 2.35. The number of ether oxygens (including phenoxy) is 1. The summed E-state index contributed by atoms with van der Waals surface area (Å²) < 4.78 is 43.7. The van der Waals surface area contributed by atoms with Crippen LogP contribution in [0.1, 0.15) is 37.4 Å². The number of methoxy groups -OCH3 is 1. The molecule has 1 aromatic carbocycles. The SMILES string of the molecule is COC(C)(C)CC(N)c1ccccc1C(F)(F)F. The van der Waals surface area contributed by atoms with Crippen molar-refractivity contribution in [3.8, 4) is 0 Å². The predicted molar refractivity (Wildman–Crippen MR) is 64.1 cm³/mol. The molecule has 0 fully saturated rings. The van der Waals surface area contributed by atoms with Gasteiger partial charge in [0.05, 0.1) is 11.2 Å². The molecular formula is C13H18F3NO. The highest BCUT2D eigenvalue weighted by Crippen LogP contribution is 2.36. The molecule has 18 heavy (non-hydrogen) atoms. The fourth-order valence-electron chi connectivity index (χ4n) is 1.80. The minimum atomic E-state index is -4.38. The van der Waals surface area contributed by atoms with Crippen molar-refractivity contribution in [1.29, 1.82) is 0 Å². The summed E-state index contributed by atoms with van der Waals surface area (Å²) in [5, 5.41) is 0. The van der Waals surface area contributed by atoms with Gasteiger partial charge in [-0.2, -0.15) is 13.2 Å². The van der Waals surface area contributed by atoms with E-state index in [1.54, 1.807) is 19.9 Å². The quantitative estimate of drug-likeness (QED) is 0.900. The van der Waals surface area contributed by atoms with Crippen LogP contribution in [0.5, 0.6) is 0 Å². The van der Waals surface area contributed by atoms with Crippen molar-refractivity contribution in [3.05, 3.63) is 35.4 Å². The van der Waals surface area contributed by atoms with Crippen molar-refractivity contribution in [2.24, 2.45) is 5.73 Å². The van der Waals surface area contributed by atoms with Crippen molar-refractivity contribution < 1.29 is 17.9 Å². The van der Waals surface area contributed by atoms with Crippen LogP contribution in [0.4, 0.5) is 13.2 Å². The van der Waals surface area contributed by atoms with Gasteiger partial charge < -0.3 is 10.5 Å². The molecule has 0 aromatic heterocycles. The average Bonchev–Trinajstić information content (AvgIpc) is 2.27. The molecule has 1 atom stereocenters. The summed E-state index contributed by atoms with van der Waals surface area (Å²) in [5.41, 5.74) is 4.75. The van der Waals surface area contributed by atoms with Gasteiger partial charge in [-0.15, -0.1) is 0 Å². The molecule has 0 saturated heterocycles. The molecule has 0 aliphatic carbocycles. The molecule has 0 heterocycles. The van der Waals surface area contributed by atoms with E-state index in [4.69, 9.17) is 10.5 Å². The zero-order valence-electron chi connectivity index (χ0n) is 10.7. The number of benzene rings is 1. The van der Waals surface area contributed by atoms with Crippen LogP contribution < -0.4 is 5.73 Å². The lowest BCUT2D eigenvalue weighted by Gasteiger charge is -2.28. The number of alkyl halides is 3. The number of rotatable bonds is 4. The van der Waals surface area contributed by atoms with Crippen LogP contribution in [-0.2, 0) is 10.9 Å². The predicted octanol–water partition coefficient (Wildman–Crippen LogP) is 3.52. The van der Waals surface area contributed by atoms with E-state index >= 15 is 0 Å². The molecule has 0 spiro atoms. The Morgan fingerprint density at radius 1 is 1.22 bits per heavy atom. The lowest BCUT2D eigenvalue weighted by molar-refractivity contribution is -0.138. The Balaban J connectivity index is 3.03. The smallest absolute Gasteiger partial charge is 0.379 e. The van der Waals surface area contributed by atoms with Crippen molar-refractivity contribution in [3.63, 3.8) is 0 Å². The molecule has 1 unspecified atom stereocenters. The van der Waals surface area contributed by atoms with Crippen LogP contribution in [0.3, 0.4) is 0 Å². The van der Waals surface area contributed by atoms with Crippen LogP contribution >= 0.6 is 0 Å². The maximum Gasteiger partial charge on any atom is 0.416 e. The maximum atomic E-state index is 12.8. The third kappa shape index (κ3) is 3.71. The van der Waals surface area contributed by atoms with Gasteiger partial charge in [-0.1, -0.05) is 18.2 Å². The van der Waals surface area contributed by atoms with E-state index in [2.05, 4.69) is 0 Å². The third-order valence-corrected chi connectivity index (χ3v) is 2.93. The molecule has 1 rings (SSSR count). The first-order chi connectivity index (χ1) is 8.17. The molecule has 0 bridgehead atoms. The van der Waals surface area contributed by atoms with E-state index in [1.807, 2.05) is 0 Å². The average molecular weight is 261 g/mol. The molecule has 0 saturated carbocycles. The minimum absolute atomic E-state index is 0.107. The summed E-state index contributed by atoms with van der Waals surface area (Å²) in [6.07, 6.45) is -4.07. The Morgan fingerprint density at radius 2 is 1.78 bits per heavy atom. The summed E-state index contributed by atoms with van der Waals surface area (Å²) >= 11 is 0. The molecule has 2 N–H and O–H groups in total. The zero-order valence-corrected chi connectivity index (χ0v) is 10.7.